The molecule has 0 atom stereocenters. The van der Waals surface area contributed by atoms with Crippen molar-refractivity contribution in [3.8, 4) is 5.75 Å². The molecule has 1 amide bonds. The number of pyridine rings is 1. The number of furan rings is 1. The van der Waals surface area contributed by atoms with Gasteiger partial charge in [0.2, 0.25) is 0 Å². The summed E-state index contributed by atoms with van der Waals surface area (Å²) in [6.07, 6.45) is 1.73. The second-order valence-corrected chi connectivity index (χ2v) is 5.32. The molecule has 1 N–H and O–H groups in total. The highest BCUT2D eigenvalue weighted by Crippen LogP contribution is 2.22. The molecule has 3 rings (SSSR count). The SMILES string of the molecule is O=C(NCCOc1cccc2cccnc12)c1ccc(Br)o1. The summed E-state index contributed by atoms with van der Waals surface area (Å²) in [7, 11) is 0. The fraction of sp³-hybridized carbons (Fsp3) is 0.125. The van der Waals surface area contributed by atoms with Gasteiger partial charge in [0.25, 0.3) is 5.91 Å². The van der Waals surface area contributed by atoms with Crippen LogP contribution in [0.25, 0.3) is 10.9 Å². The van der Waals surface area contributed by atoms with E-state index in [0.717, 1.165) is 10.9 Å². The van der Waals surface area contributed by atoms with Crippen LogP contribution in [0.15, 0.2) is 57.7 Å². The van der Waals surface area contributed by atoms with Gasteiger partial charge in [0.05, 0.1) is 6.54 Å². The number of fused-ring (bicyclic) bond motifs is 1. The average Bonchev–Trinajstić information content (AvgIpc) is 2.98. The lowest BCUT2D eigenvalue weighted by molar-refractivity contribution is 0.0918. The molecule has 112 valence electrons. The monoisotopic (exact) mass is 360 g/mol. The number of amides is 1. The summed E-state index contributed by atoms with van der Waals surface area (Å²) in [4.78, 5) is 16.1. The number of halogens is 1. The minimum Gasteiger partial charge on any atom is -0.489 e. The molecule has 0 saturated heterocycles. The van der Waals surface area contributed by atoms with Crippen molar-refractivity contribution in [2.24, 2.45) is 0 Å². The van der Waals surface area contributed by atoms with Crippen molar-refractivity contribution in [1.29, 1.82) is 0 Å². The molecule has 0 aliphatic heterocycles. The highest BCUT2D eigenvalue weighted by Gasteiger charge is 2.09. The highest BCUT2D eigenvalue weighted by atomic mass is 79.9. The average molecular weight is 361 g/mol. The molecular weight excluding hydrogens is 348 g/mol. The maximum atomic E-state index is 11.8. The zero-order valence-corrected chi connectivity index (χ0v) is 13.2. The van der Waals surface area contributed by atoms with Crippen LogP contribution in [0.2, 0.25) is 0 Å². The zero-order chi connectivity index (χ0) is 15.4. The number of ether oxygens (including phenoxy) is 1. The van der Waals surface area contributed by atoms with Crippen LogP contribution in [0.3, 0.4) is 0 Å². The molecule has 0 spiro atoms. The Morgan fingerprint density at radius 3 is 2.91 bits per heavy atom. The van der Waals surface area contributed by atoms with E-state index in [1.807, 2.05) is 30.3 Å². The maximum Gasteiger partial charge on any atom is 0.287 e. The van der Waals surface area contributed by atoms with Gasteiger partial charge >= 0.3 is 0 Å². The first kappa shape index (κ1) is 14.6. The number of rotatable bonds is 5. The summed E-state index contributed by atoms with van der Waals surface area (Å²) >= 11 is 3.16. The molecule has 2 heterocycles. The quantitative estimate of drug-likeness (QED) is 0.708. The zero-order valence-electron chi connectivity index (χ0n) is 11.6. The van der Waals surface area contributed by atoms with Gasteiger partial charge in [-0.05, 0) is 40.2 Å². The molecule has 0 saturated carbocycles. The molecular formula is C16H13BrN2O3. The summed E-state index contributed by atoms with van der Waals surface area (Å²) in [5, 5.41) is 3.75. The molecule has 0 aliphatic rings. The number of nitrogens with one attached hydrogen (secondary N) is 1. The standard InChI is InChI=1S/C16H13BrN2O3/c17-14-7-6-13(22-14)16(20)19-9-10-21-12-5-1-3-11-4-2-8-18-15(11)12/h1-8H,9-10H2,(H,19,20). The smallest absolute Gasteiger partial charge is 0.287 e. The predicted molar refractivity (Wildman–Crippen MR) is 86.0 cm³/mol. The van der Waals surface area contributed by atoms with Crippen LogP contribution in [0.5, 0.6) is 5.75 Å². The lowest BCUT2D eigenvalue weighted by atomic mass is 10.2. The molecule has 0 bridgehead atoms. The van der Waals surface area contributed by atoms with Crippen molar-refractivity contribution in [2.45, 2.75) is 0 Å². The van der Waals surface area contributed by atoms with E-state index in [-0.39, 0.29) is 11.7 Å². The number of nitrogens with zero attached hydrogens (tertiary/aromatic N) is 1. The van der Waals surface area contributed by atoms with E-state index < -0.39 is 0 Å². The van der Waals surface area contributed by atoms with Gasteiger partial charge in [-0.15, -0.1) is 0 Å². The first-order valence-electron chi connectivity index (χ1n) is 6.74. The minimum absolute atomic E-state index is 0.263. The van der Waals surface area contributed by atoms with Crippen LogP contribution in [-0.4, -0.2) is 24.0 Å². The minimum atomic E-state index is -0.273. The van der Waals surface area contributed by atoms with Gasteiger partial charge in [0.1, 0.15) is 17.9 Å². The Labute approximate surface area is 135 Å². The number of aromatic nitrogens is 1. The maximum absolute atomic E-state index is 11.8. The molecule has 0 radical (unpaired) electrons. The summed E-state index contributed by atoms with van der Waals surface area (Å²) < 4.78 is 11.4. The van der Waals surface area contributed by atoms with Crippen LogP contribution in [0.4, 0.5) is 0 Å². The van der Waals surface area contributed by atoms with E-state index in [0.29, 0.717) is 23.6 Å². The normalized spacial score (nSPS) is 10.6. The Morgan fingerprint density at radius 1 is 1.23 bits per heavy atom. The molecule has 5 nitrogen and oxygen atoms in total. The van der Waals surface area contributed by atoms with Crippen molar-refractivity contribution in [1.82, 2.24) is 10.3 Å². The Bertz CT molecular complexity index is 795. The number of carbonyl (C=O) groups excluding carboxylic acids is 1. The van der Waals surface area contributed by atoms with Gasteiger partial charge in [-0.2, -0.15) is 0 Å². The third-order valence-corrected chi connectivity index (χ3v) is 3.46. The third kappa shape index (κ3) is 3.28. The van der Waals surface area contributed by atoms with Crippen molar-refractivity contribution >= 4 is 32.7 Å². The van der Waals surface area contributed by atoms with E-state index in [1.54, 1.807) is 18.3 Å². The summed E-state index contributed by atoms with van der Waals surface area (Å²) in [5.41, 5.74) is 0.811. The summed E-state index contributed by atoms with van der Waals surface area (Å²) in [5.74, 6) is 0.692. The van der Waals surface area contributed by atoms with Crippen molar-refractivity contribution in [2.75, 3.05) is 13.2 Å². The second kappa shape index (κ2) is 6.62. The van der Waals surface area contributed by atoms with Gasteiger partial charge in [0, 0.05) is 11.6 Å². The van der Waals surface area contributed by atoms with E-state index in [9.17, 15) is 4.79 Å². The van der Waals surface area contributed by atoms with Gasteiger partial charge in [0.15, 0.2) is 10.4 Å². The number of hydrogen-bond acceptors (Lipinski definition) is 4. The van der Waals surface area contributed by atoms with Crippen LogP contribution in [-0.2, 0) is 0 Å². The first-order chi connectivity index (χ1) is 10.7. The van der Waals surface area contributed by atoms with Crippen molar-refractivity contribution in [3.05, 3.63) is 59.1 Å². The molecule has 6 heteroatoms. The van der Waals surface area contributed by atoms with Crippen LogP contribution < -0.4 is 10.1 Å². The number of benzene rings is 1. The van der Waals surface area contributed by atoms with E-state index in [4.69, 9.17) is 9.15 Å². The molecule has 0 fully saturated rings. The largest absolute Gasteiger partial charge is 0.489 e. The summed E-state index contributed by atoms with van der Waals surface area (Å²) in [6.45, 7) is 0.726. The fourth-order valence-corrected chi connectivity index (χ4v) is 2.35. The molecule has 0 unspecified atom stereocenters. The van der Waals surface area contributed by atoms with Crippen molar-refractivity contribution in [3.63, 3.8) is 0 Å². The van der Waals surface area contributed by atoms with Gasteiger partial charge in [-0.25, -0.2) is 0 Å². The van der Waals surface area contributed by atoms with E-state index >= 15 is 0 Å². The highest BCUT2D eigenvalue weighted by molar-refractivity contribution is 9.10. The molecule has 3 aromatic rings. The fourth-order valence-electron chi connectivity index (χ4n) is 2.04. The molecule has 2 aromatic heterocycles. The molecule has 0 aliphatic carbocycles. The van der Waals surface area contributed by atoms with E-state index in [1.165, 1.54) is 0 Å². The number of hydrogen-bond donors (Lipinski definition) is 1. The van der Waals surface area contributed by atoms with Crippen LogP contribution in [0.1, 0.15) is 10.6 Å². The Balaban J connectivity index is 1.55. The molecule has 22 heavy (non-hydrogen) atoms. The Morgan fingerprint density at radius 2 is 2.09 bits per heavy atom. The summed E-state index contributed by atoms with van der Waals surface area (Å²) in [6, 6.07) is 12.9. The van der Waals surface area contributed by atoms with Gasteiger partial charge in [-0.1, -0.05) is 18.2 Å². The predicted octanol–water partition coefficient (Wildman–Crippen LogP) is 3.40. The number of carbonyl (C=O) groups is 1. The second-order valence-electron chi connectivity index (χ2n) is 4.54. The lowest BCUT2D eigenvalue weighted by Gasteiger charge is -2.09. The van der Waals surface area contributed by atoms with Crippen LogP contribution in [0, 0.1) is 0 Å². The number of para-hydroxylation sites is 1. The lowest BCUT2D eigenvalue weighted by Crippen LogP contribution is -2.27. The molecule has 1 aromatic carbocycles. The third-order valence-electron chi connectivity index (χ3n) is 3.04. The Hall–Kier alpha value is -2.34. The van der Waals surface area contributed by atoms with E-state index in [2.05, 4.69) is 26.2 Å². The topological polar surface area (TPSA) is 64.4 Å². The Kier molecular flexibility index (Phi) is 4.39. The van der Waals surface area contributed by atoms with Gasteiger partial charge in [-0.3, -0.25) is 9.78 Å². The van der Waals surface area contributed by atoms with Gasteiger partial charge < -0.3 is 14.5 Å². The first-order valence-corrected chi connectivity index (χ1v) is 7.53. The van der Waals surface area contributed by atoms with Crippen molar-refractivity contribution < 1.29 is 13.9 Å². The van der Waals surface area contributed by atoms with Crippen LogP contribution >= 0.6 is 15.9 Å².